The van der Waals surface area contributed by atoms with E-state index < -0.39 is 5.60 Å². The lowest BCUT2D eigenvalue weighted by Gasteiger charge is -2.36. The van der Waals surface area contributed by atoms with Gasteiger partial charge in [-0.1, -0.05) is 30.4 Å². The molecular formula is C15H18FNO2. The Morgan fingerprint density at radius 3 is 2.79 bits per heavy atom. The summed E-state index contributed by atoms with van der Waals surface area (Å²) in [5, 5.41) is 12.5. The lowest BCUT2D eigenvalue weighted by Crippen LogP contribution is -2.47. The molecule has 0 unspecified atom stereocenters. The minimum atomic E-state index is -0.703. The number of halogens is 1. The number of nitrogens with one attached hydrogen (secondary N) is 1. The van der Waals surface area contributed by atoms with E-state index in [4.69, 9.17) is 0 Å². The second kappa shape index (κ2) is 5.97. The Morgan fingerprint density at radius 1 is 1.42 bits per heavy atom. The van der Waals surface area contributed by atoms with Crippen LogP contribution in [0.2, 0.25) is 0 Å². The molecule has 2 N–H and O–H groups in total. The fourth-order valence-corrected chi connectivity index (χ4v) is 2.00. The average molecular weight is 263 g/mol. The second-order valence-electron chi connectivity index (χ2n) is 4.98. The van der Waals surface area contributed by atoms with E-state index in [1.165, 1.54) is 6.07 Å². The predicted molar refractivity (Wildman–Crippen MR) is 71.9 cm³/mol. The van der Waals surface area contributed by atoms with Gasteiger partial charge in [-0.25, -0.2) is 4.39 Å². The molecule has 19 heavy (non-hydrogen) atoms. The monoisotopic (exact) mass is 263 g/mol. The van der Waals surface area contributed by atoms with Crippen molar-refractivity contribution >= 4 is 12.0 Å². The zero-order chi connectivity index (χ0) is 13.7. The van der Waals surface area contributed by atoms with Crippen LogP contribution in [0.1, 0.15) is 31.2 Å². The predicted octanol–water partition coefficient (Wildman–Crippen LogP) is 2.26. The van der Waals surface area contributed by atoms with E-state index in [1.807, 2.05) is 0 Å². The van der Waals surface area contributed by atoms with Crippen LogP contribution in [0.4, 0.5) is 4.39 Å². The van der Waals surface area contributed by atoms with Crippen LogP contribution in [0.3, 0.4) is 0 Å². The molecule has 0 saturated heterocycles. The summed E-state index contributed by atoms with van der Waals surface area (Å²) in [6, 6.07) is 6.40. The van der Waals surface area contributed by atoms with Gasteiger partial charge in [0.25, 0.3) is 0 Å². The molecule has 1 aliphatic rings. The van der Waals surface area contributed by atoms with Gasteiger partial charge in [-0.2, -0.15) is 0 Å². The number of benzene rings is 1. The van der Waals surface area contributed by atoms with Crippen LogP contribution in [0.15, 0.2) is 30.3 Å². The Balaban J connectivity index is 1.75. The van der Waals surface area contributed by atoms with E-state index in [-0.39, 0.29) is 18.1 Å². The normalized spacial score (nSPS) is 17.2. The minimum Gasteiger partial charge on any atom is -0.388 e. The summed E-state index contributed by atoms with van der Waals surface area (Å²) in [4.78, 5) is 11.5. The largest absolute Gasteiger partial charge is 0.388 e. The van der Waals surface area contributed by atoms with Crippen LogP contribution in [0.25, 0.3) is 6.08 Å². The van der Waals surface area contributed by atoms with Gasteiger partial charge in [0, 0.05) is 18.5 Å². The third kappa shape index (κ3) is 3.89. The summed E-state index contributed by atoms with van der Waals surface area (Å²) in [6.07, 6.45) is 5.91. The van der Waals surface area contributed by atoms with E-state index in [9.17, 15) is 14.3 Å². The Hall–Kier alpha value is -1.68. The molecule has 0 radical (unpaired) electrons. The third-order valence-electron chi connectivity index (χ3n) is 3.40. The zero-order valence-corrected chi connectivity index (χ0v) is 10.7. The van der Waals surface area contributed by atoms with Gasteiger partial charge in [0.2, 0.25) is 5.91 Å². The maximum atomic E-state index is 13.3. The van der Waals surface area contributed by atoms with Gasteiger partial charge in [0.15, 0.2) is 0 Å². The highest BCUT2D eigenvalue weighted by Crippen LogP contribution is 2.30. The minimum absolute atomic E-state index is 0.159. The van der Waals surface area contributed by atoms with E-state index in [1.54, 1.807) is 30.4 Å². The molecule has 3 nitrogen and oxygen atoms in total. The van der Waals surface area contributed by atoms with Gasteiger partial charge in [-0.15, -0.1) is 0 Å². The van der Waals surface area contributed by atoms with E-state index in [2.05, 4.69) is 5.32 Å². The van der Waals surface area contributed by atoms with Crippen molar-refractivity contribution < 1.29 is 14.3 Å². The van der Waals surface area contributed by atoms with Gasteiger partial charge in [-0.05, 0) is 25.3 Å². The molecule has 0 aliphatic heterocycles. The topological polar surface area (TPSA) is 49.3 Å². The lowest BCUT2D eigenvalue weighted by molar-refractivity contribution is -0.122. The first-order chi connectivity index (χ1) is 9.09. The maximum Gasteiger partial charge on any atom is 0.223 e. The summed E-state index contributed by atoms with van der Waals surface area (Å²) in [5.41, 5.74) is -0.238. The molecule has 1 amide bonds. The Bertz CT molecular complexity index is 481. The third-order valence-corrected chi connectivity index (χ3v) is 3.40. The quantitative estimate of drug-likeness (QED) is 0.856. The summed E-state index contributed by atoms with van der Waals surface area (Å²) in [7, 11) is 0. The Morgan fingerprint density at radius 2 is 2.16 bits per heavy atom. The molecule has 1 aromatic carbocycles. The van der Waals surface area contributed by atoms with Crippen LogP contribution in [-0.2, 0) is 4.79 Å². The smallest absolute Gasteiger partial charge is 0.223 e. The zero-order valence-electron chi connectivity index (χ0n) is 10.7. The maximum absolute atomic E-state index is 13.3. The van der Waals surface area contributed by atoms with Crippen LogP contribution >= 0.6 is 0 Å². The SMILES string of the molecule is O=C(CC=Cc1ccccc1F)NCC1(O)CCC1. The van der Waals surface area contributed by atoms with Gasteiger partial charge in [0.05, 0.1) is 5.60 Å². The van der Waals surface area contributed by atoms with Crippen molar-refractivity contribution in [2.45, 2.75) is 31.3 Å². The molecule has 0 bridgehead atoms. The molecule has 1 fully saturated rings. The molecule has 1 aromatic rings. The van der Waals surface area contributed by atoms with Crippen molar-refractivity contribution in [1.29, 1.82) is 0 Å². The van der Waals surface area contributed by atoms with Crippen molar-refractivity contribution in [3.63, 3.8) is 0 Å². The highest BCUT2D eigenvalue weighted by atomic mass is 19.1. The van der Waals surface area contributed by atoms with Crippen molar-refractivity contribution in [3.8, 4) is 0 Å². The molecule has 0 heterocycles. The molecule has 0 spiro atoms. The van der Waals surface area contributed by atoms with Gasteiger partial charge in [0.1, 0.15) is 5.82 Å². The Labute approximate surface area is 112 Å². The molecular weight excluding hydrogens is 245 g/mol. The first-order valence-corrected chi connectivity index (χ1v) is 6.49. The molecule has 102 valence electrons. The van der Waals surface area contributed by atoms with Crippen molar-refractivity contribution in [2.24, 2.45) is 0 Å². The summed E-state index contributed by atoms with van der Waals surface area (Å²) in [6.45, 7) is 0.305. The number of hydrogen-bond donors (Lipinski definition) is 2. The highest BCUT2D eigenvalue weighted by molar-refractivity contribution is 5.78. The standard InChI is InChI=1S/C15H18FNO2/c16-13-7-2-1-5-12(13)6-3-8-14(18)17-11-15(19)9-4-10-15/h1-3,5-7,19H,4,8-11H2,(H,17,18). The van der Waals surface area contributed by atoms with E-state index >= 15 is 0 Å². The molecule has 0 atom stereocenters. The number of carbonyl (C=O) groups is 1. The second-order valence-corrected chi connectivity index (χ2v) is 4.98. The van der Waals surface area contributed by atoms with Gasteiger partial charge < -0.3 is 10.4 Å². The van der Waals surface area contributed by atoms with E-state index in [0.717, 1.165) is 19.3 Å². The lowest BCUT2D eigenvalue weighted by atomic mass is 9.80. The molecule has 4 heteroatoms. The number of hydrogen-bond acceptors (Lipinski definition) is 2. The first kappa shape index (κ1) is 13.7. The van der Waals surface area contributed by atoms with Gasteiger partial charge in [-0.3, -0.25) is 4.79 Å². The molecule has 2 rings (SSSR count). The summed E-state index contributed by atoms with van der Waals surface area (Å²) >= 11 is 0. The first-order valence-electron chi connectivity index (χ1n) is 6.49. The highest BCUT2D eigenvalue weighted by Gasteiger charge is 2.34. The van der Waals surface area contributed by atoms with Crippen molar-refractivity contribution in [1.82, 2.24) is 5.32 Å². The number of rotatable bonds is 5. The summed E-state index contributed by atoms with van der Waals surface area (Å²) < 4.78 is 13.3. The van der Waals surface area contributed by atoms with Crippen molar-refractivity contribution in [2.75, 3.05) is 6.54 Å². The van der Waals surface area contributed by atoms with Gasteiger partial charge >= 0.3 is 0 Å². The van der Waals surface area contributed by atoms with E-state index in [0.29, 0.717) is 12.1 Å². The fourth-order valence-electron chi connectivity index (χ4n) is 2.00. The number of carbonyl (C=O) groups excluding carboxylic acids is 1. The number of aliphatic hydroxyl groups is 1. The van der Waals surface area contributed by atoms with Crippen LogP contribution in [0.5, 0.6) is 0 Å². The Kier molecular flexibility index (Phi) is 4.32. The summed E-state index contributed by atoms with van der Waals surface area (Å²) in [5.74, 6) is -0.462. The molecule has 0 aromatic heterocycles. The van der Waals surface area contributed by atoms with Crippen molar-refractivity contribution in [3.05, 3.63) is 41.7 Å². The van der Waals surface area contributed by atoms with Crippen LogP contribution in [-0.4, -0.2) is 23.2 Å². The van der Waals surface area contributed by atoms with Crippen LogP contribution < -0.4 is 5.32 Å². The average Bonchev–Trinajstić information content (AvgIpc) is 2.36. The fraction of sp³-hybridized carbons (Fsp3) is 0.400. The molecule has 1 saturated carbocycles. The van der Waals surface area contributed by atoms with Crippen LogP contribution in [0, 0.1) is 5.82 Å². The number of amides is 1. The molecule has 1 aliphatic carbocycles.